The molecule has 0 saturated heterocycles. The molecule has 0 amide bonds. The number of aromatic nitrogens is 4. The second-order valence-electron chi connectivity index (χ2n) is 6.55. The first-order valence-electron chi connectivity index (χ1n) is 8.80. The van der Waals surface area contributed by atoms with Crippen LogP contribution in [0.3, 0.4) is 0 Å². The van der Waals surface area contributed by atoms with E-state index < -0.39 is 0 Å². The van der Waals surface area contributed by atoms with Crippen LogP contribution < -0.4 is 5.32 Å². The maximum absolute atomic E-state index is 9.33. The third-order valence-electron chi connectivity index (χ3n) is 4.27. The zero-order valence-corrected chi connectivity index (χ0v) is 19.3. The van der Waals surface area contributed by atoms with E-state index >= 15 is 0 Å². The van der Waals surface area contributed by atoms with Crippen LogP contribution in [0.1, 0.15) is 25.2 Å². The lowest BCUT2D eigenvalue weighted by molar-refractivity contribution is 0.249. The smallest absolute Gasteiger partial charge is 0.224 e. The summed E-state index contributed by atoms with van der Waals surface area (Å²) in [6.45, 7) is 4.20. The Kier molecular flexibility index (Phi) is 7.92. The number of aliphatic hydroxyl groups is 1. The van der Waals surface area contributed by atoms with Crippen LogP contribution >= 0.6 is 58.3 Å². The molecule has 0 aromatic carbocycles. The molecule has 0 spiro atoms. The van der Waals surface area contributed by atoms with Gasteiger partial charge in [-0.2, -0.15) is 4.98 Å². The number of aryl methyl sites for hydroxylation is 2. The van der Waals surface area contributed by atoms with Crippen molar-refractivity contribution in [3.05, 3.63) is 27.1 Å². The Morgan fingerprint density at radius 3 is 2.11 bits per heavy atom. The second-order valence-corrected chi connectivity index (χ2v) is 9.80. The molecule has 4 rings (SSSR count). The van der Waals surface area contributed by atoms with E-state index in [9.17, 15) is 5.11 Å². The first kappa shape index (κ1) is 22.2. The lowest BCUT2D eigenvalue weighted by Crippen LogP contribution is -2.30. The molecule has 0 unspecified atom stereocenters. The maximum atomic E-state index is 9.33. The van der Waals surface area contributed by atoms with E-state index in [2.05, 4.69) is 39.1 Å². The molecule has 2 aliphatic heterocycles. The van der Waals surface area contributed by atoms with Gasteiger partial charge in [-0.25, -0.2) is 15.0 Å². The fourth-order valence-electron chi connectivity index (χ4n) is 2.73. The maximum Gasteiger partial charge on any atom is 0.224 e. The summed E-state index contributed by atoms with van der Waals surface area (Å²) in [5.74, 6) is 3.14. The van der Waals surface area contributed by atoms with Gasteiger partial charge in [0.15, 0.2) is 0 Å². The van der Waals surface area contributed by atoms with Crippen LogP contribution in [-0.2, 0) is 12.8 Å². The average molecular weight is 481 g/mol. The van der Waals surface area contributed by atoms with Crippen molar-refractivity contribution in [3.63, 3.8) is 0 Å². The van der Waals surface area contributed by atoms with E-state index in [1.807, 2.05) is 0 Å². The molecule has 2 aliphatic rings. The fourth-order valence-corrected chi connectivity index (χ4v) is 5.54. The Bertz CT molecular complexity index is 856. The van der Waals surface area contributed by atoms with Gasteiger partial charge in [-0.05, 0) is 29.1 Å². The summed E-state index contributed by atoms with van der Waals surface area (Å²) in [5, 5.41) is 13.6. The first-order valence-corrected chi connectivity index (χ1v) is 11.9. The highest BCUT2D eigenvalue weighted by molar-refractivity contribution is 8.00. The number of rotatable bonds is 4. The van der Waals surface area contributed by atoms with Gasteiger partial charge in [-0.1, -0.05) is 25.4 Å². The van der Waals surface area contributed by atoms with Crippen molar-refractivity contribution < 1.29 is 5.11 Å². The molecule has 0 fully saturated rings. The number of nitrogens with one attached hydrogen (secondary N) is 1. The van der Waals surface area contributed by atoms with Crippen LogP contribution in [0.2, 0.25) is 15.7 Å². The van der Waals surface area contributed by atoms with Gasteiger partial charge in [0, 0.05) is 24.3 Å². The van der Waals surface area contributed by atoms with E-state index in [0.29, 0.717) is 11.1 Å². The van der Waals surface area contributed by atoms with Gasteiger partial charge >= 0.3 is 0 Å². The van der Waals surface area contributed by atoms with Gasteiger partial charge in [-0.15, -0.1) is 23.5 Å². The van der Waals surface area contributed by atoms with Gasteiger partial charge in [0.25, 0.3) is 0 Å². The molecule has 0 saturated carbocycles. The molecule has 2 aromatic heterocycles. The molecule has 0 bridgehead atoms. The van der Waals surface area contributed by atoms with E-state index in [4.69, 9.17) is 34.8 Å². The predicted molar refractivity (Wildman–Crippen MR) is 117 cm³/mol. The van der Waals surface area contributed by atoms with Gasteiger partial charge in [-0.3, -0.25) is 0 Å². The van der Waals surface area contributed by atoms with Crippen molar-refractivity contribution in [2.45, 2.75) is 42.5 Å². The molecule has 4 heterocycles. The average Bonchev–Trinajstić information content (AvgIpc) is 3.28. The van der Waals surface area contributed by atoms with Crippen molar-refractivity contribution in [1.29, 1.82) is 0 Å². The number of fused-ring (bicyclic) bond motifs is 2. The van der Waals surface area contributed by atoms with Gasteiger partial charge in [0.05, 0.1) is 33.8 Å². The third kappa shape index (κ3) is 5.34. The monoisotopic (exact) mass is 479 g/mol. The van der Waals surface area contributed by atoms with Gasteiger partial charge < -0.3 is 10.4 Å². The zero-order chi connectivity index (χ0) is 20.3. The predicted octanol–water partition coefficient (Wildman–Crippen LogP) is 4.64. The minimum atomic E-state index is -0.00809. The molecular weight excluding hydrogens is 461 g/mol. The van der Waals surface area contributed by atoms with Crippen LogP contribution in [0, 0.1) is 5.92 Å². The molecule has 152 valence electrons. The van der Waals surface area contributed by atoms with Gasteiger partial charge in [0.2, 0.25) is 10.6 Å². The summed E-state index contributed by atoms with van der Waals surface area (Å²) in [6, 6.07) is -0.00809. The number of halogens is 3. The Balaban J connectivity index is 0.000000176. The lowest BCUT2D eigenvalue weighted by atomic mass is 10.1. The Morgan fingerprint density at radius 1 is 0.929 bits per heavy atom. The van der Waals surface area contributed by atoms with Crippen molar-refractivity contribution in [3.8, 4) is 0 Å². The summed E-state index contributed by atoms with van der Waals surface area (Å²) < 4.78 is 0. The Morgan fingerprint density at radius 2 is 1.50 bits per heavy atom. The molecule has 0 radical (unpaired) electrons. The Hall–Kier alpha value is -0.510. The lowest BCUT2D eigenvalue weighted by Gasteiger charge is -2.21. The van der Waals surface area contributed by atoms with E-state index in [-0.39, 0.29) is 23.2 Å². The summed E-state index contributed by atoms with van der Waals surface area (Å²) in [7, 11) is 0. The van der Waals surface area contributed by atoms with Gasteiger partial charge in [0.1, 0.15) is 11.0 Å². The highest BCUT2D eigenvalue weighted by Gasteiger charge is 2.22. The number of nitrogens with zero attached hydrogens (tertiary/aromatic N) is 4. The van der Waals surface area contributed by atoms with Crippen LogP contribution in [0.4, 0.5) is 5.82 Å². The molecule has 2 aromatic rings. The molecule has 28 heavy (non-hydrogen) atoms. The number of hydrogen-bond acceptors (Lipinski definition) is 8. The minimum absolute atomic E-state index is 0.00809. The van der Waals surface area contributed by atoms with Crippen LogP contribution in [0.25, 0.3) is 0 Å². The normalized spacial score (nSPS) is 15.7. The molecule has 0 aliphatic carbocycles. The van der Waals surface area contributed by atoms with Crippen molar-refractivity contribution in [1.82, 2.24) is 19.9 Å². The standard InChI is InChI=1S/C11H16ClN3OS.C6H4Cl2N2S/c1-6(2)8(5-16)13-10-9-7(3-4-17-9)14-11(12)15-10;7-5-4-3(1-2-11-4)9-6(8)10-5/h6,8,16H,3-5H2,1-2H3,(H,13,14,15);1-2H2/t8-;/m0./s1. The molecular formula is C17H20Cl3N5OS2. The quantitative estimate of drug-likeness (QED) is 0.484. The first-order chi connectivity index (χ1) is 13.4. The van der Waals surface area contributed by atoms with Crippen molar-refractivity contribution in [2.75, 3.05) is 23.4 Å². The molecule has 1 atom stereocenters. The zero-order valence-electron chi connectivity index (χ0n) is 15.4. The number of hydrogen-bond donors (Lipinski definition) is 2. The topological polar surface area (TPSA) is 83.8 Å². The summed E-state index contributed by atoms with van der Waals surface area (Å²) in [4.78, 5) is 18.4. The van der Waals surface area contributed by atoms with Crippen LogP contribution in [-0.4, -0.2) is 49.2 Å². The molecule has 2 N–H and O–H groups in total. The summed E-state index contributed by atoms with van der Waals surface area (Å²) in [6.07, 6.45) is 1.88. The van der Waals surface area contributed by atoms with Crippen molar-refractivity contribution >= 4 is 64.1 Å². The number of anilines is 1. The largest absolute Gasteiger partial charge is 0.394 e. The minimum Gasteiger partial charge on any atom is -0.394 e. The van der Waals surface area contributed by atoms with E-state index in [1.54, 1.807) is 23.5 Å². The summed E-state index contributed by atoms with van der Waals surface area (Å²) in [5.41, 5.74) is 2.00. The SMILES string of the molecule is CC(C)[C@H](CO)Nc1nc(Cl)nc2c1SCC2.Clc1nc(Cl)c2c(n1)CCS2. The highest BCUT2D eigenvalue weighted by atomic mass is 35.5. The number of thioether (sulfide) groups is 2. The van der Waals surface area contributed by atoms with E-state index in [0.717, 1.165) is 51.3 Å². The second kappa shape index (κ2) is 10.00. The highest BCUT2D eigenvalue weighted by Crippen LogP contribution is 2.37. The van der Waals surface area contributed by atoms with E-state index in [1.165, 1.54) is 0 Å². The molecule has 6 nitrogen and oxygen atoms in total. The third-order valence-corrected chi connectivity index (χ3v) is 7.25. The fraction of sp³-hybridized carbons (Fsp3) is 0.529. The summed E-state index contributed by atoms with van der Waals surface area (Å²) >= 11 is 20.8. The Labute approximate surface area is 187 Å². The molecule has 11 heteroatoms. The van der Waals surface area contributed by atoms with Crippen LogP contribution in [0.15, 0.2) is 9.79 Å². The van der Waals surface area contributed by atoms with Crippen LogP contribution in [0.5, 0.6) is 0 Å². The number of aliphatic hydroxyl groups excluding tert-OH is 1. The van der Waals surface area contributed by atoms with Crippen molar-refractivity contribution in [2.24, 2.45) is 5.92 Å².